The third kappa shape index (κ3) is 4.59. The minimum Gasteiger partial charge on any atom is -0.481 e. The summed E-state index contributed by atoms with van der Waals surface area (Å²) in [5.41, 5.74) is 2.61. The highest BCUT2D eigenvalue weighted by Gasteiger charge is 2.16. The number of ether oxygens (including phenoxy) is 1. The van der Waals surface area contributed by atoms with E-state index in [2.05, 4.69) is 9.97 Å². The number of aliphatic carboxylic acids is 1. The summed E-state index contributed by atoms with van der Waals surface area (Å²) in [4.78, 5) is 19.7. The largest absolute Gasteiger partial charge is 0.481 e. The molecule has 5 heteroatoms. The molecule has 0 spiro atoms. The molecule has 0 radical (unpaired) electrons. The van der Waals surface area contributed by atoms with Crippen molar-refractivity contribution >= 4 is 5.97 Å². The predicted molar refractivity (Wildman–Crippen MR) is 72.0 cm³/mol. The van der Waals surface area contributed by atoms with Crippen LogP contribution < -0.4 is 0 Å². The molecule has 0 aliphatic carbocycles. The summed E-state index contributed by atoms with van der Waals surface area (Å²) < 4.78 is 5.42. The normalized spacial score (nSPS) is 12.4. The van der Waals surface area contributed by atoms with Gasteiger partial charge in [0, 0.05) is 18.0 Å². The number of rotatable bonds is 7. The van der Waals surface area contributed by atoms with Gasteiger partial charge in [-0.05, 0) is 32.3 Å². The molecule has 0 bridgehead atoms. The number of carbonyl (C=O) groups is 1. The zero-order valence-electron chi connectivity index (χ0n) is 12.1. The van der Waals surface area contributed by atoms with Crippen LogP contribution in [0, 0.1) is 19.8 Å². The van der Waals surface area contributed by atoms with Gasteiger partial charge >= 0.3 is 5.97 Å². The van der Waals surface area contributed by atoms with E-state index in [0.29, 0.717) is 25.5 Å². The number of hydrogen-bond acceptors (Lipinski definition) is 4. The molecule has 1 aromatic rings. The quantitative estimate of drug-likeness (QED) is 0.766. The zero-order valence-corrected chi connectivity index (χ0v) is 12.1. The molecule has 0 aliphatic heterocycles. The summed E-state index contributed by atoms with van der Waals surface area (Å²) in [6, 6.07) is 0. The summed E-state index contributed by atoms with van der Waals surface area (Å²) in [7, 11) is 0. The molecule has 1 aromatic heterocycles. The summed E-state index contributed by atoms with van der Waals surface area (Å²) in [6.45, 7) is 8.63. The lowest BCUT2D eigenvalue weighted by Crippen LogP contribution is -2.16. The van der Waals surface area contributed by atoms with E-state index in [0.717, 1.165) is 23.4 Å². The number of nitrogens with zero attached hydrogens (tertiary/aromatic N) is 2. The van der Waals surface area contributed by atoms with E-state index in [-0.39, 0.29) is 0 Å². The van der Waals surface area contributed by atoms with Gasteiger partial charge in [-0.2, -0.15) is 0 Å². The monoisotopic (exact) mass is 266 g/mol. The average Bonchev–Trinajstić information content (AvgIpc) is 2.33. The van der Waals surface area contributed by atoms with E-state index in [1.807, 2.05) is 20.8 Å². The molecule has 1 N–H and O–H groups in total. The van der Waals surface area contributed by atoms with Gasteiger partial charge in [-0.15, -0.1) is 0 Å². The number of hydrogen-bond donors (Lipinski definition) is 1. The van der Waals surface area contributed by atoms with Gasteiger partial charge in [0.15, 0.2) is 5.82 Å². The molecule has 0 fully saturated rings. The number of carboxylic acid groups (broad SMARTS) is 1. The Kier molecular flexibility index (Phi) is 5.89. The van der Waals surface area contributed by atoms with Gasteiger partial charge in [0.1, 0.15) is 6.61 Å². The van der Waals surface area contributed by atoms with Gasteiger partial charge in [0.2, 0.25) is 0 Å². The van der Waals surface area contributed by atoms with Crippen molar-refractivity contribution in [2.45, 2.75) is 47.1 Å². The highest BCUT2D eigenvalue weighted by Crippen LogP contribution is 2.16. The lowest BCUT2D eigenvalue weighted by molar-refractivity contribution is -0.141. The minimum atomic E-state index is -0.797. The lowest BCUT2D eigenvalue weighted by Gasteiger charge is -2.13. The van der Waals surface area contributed by atoms with Gasteiger partial charge in [0.05, 0.1) is 5.92 Å². The van der Waals surface area contributed by atoms with E-state index in [1.165, 1.54) is 0 Å². The van der Waals surface area contributed by atoms with Crippen LogP contribution in [0.5, 0.6) is 0 Å². The lowest BCUT2D eigenvalue weighted by atomic mass is 9.99. The molecule has 1 atom stereocenters. The van der Waals surface area contributed by atoms with Crippen molar-refractivity contribution in [1.29, 1.82) is 0 Å². The van der Waals surface area contributed by atoms with Crippen LogP contribution in [0.4, 0.5) is 0 Å². The molecule has 0 aliphatic rings. The fraction of sp³-hybridized carbons (Fsp3) is 0.643. The Morgan fingerprint density at radius 1 is 1.32 bits per heavy atom. The summed E-state index contributed by atoms with van der Waals surface area (Å²) in [5, 5.41) is 8.96. The second-order valence-electron chi connectivity index (χ2n) is 4.79. The maximum absolute atomic E-state index is 10.9. The van der Waals surface area contributed by atoms with E-state index in [9.17, 15) is 4.79 Å². The van der Waals surface area contributed by atoms with Crippen LogP contribution in [0.3, 0.4) is 0 Å². The van der Waals surface area contributed by atoms with Gasteiger partial charge in [-0.25, -0.2) is 9.97 Å². The van der Waals surface area contributed by atoms with Crippen molar-refractivity contribution in [3.8, 4) is 0 Å². The Labute approximate surface area is 114 Å². The Morgan fingerprint density at radius 2 is 1.89 bits per heavy atom. The second kappa shape index (κ2) is 7.19. The van der Waals surface area contributed by atoms with Gasteiger partial charge in [0.25, 0.3) is 0 Å². The molecule has 1 rings (SSSR count). The molecule has 0 saturated heterocycles. The summed E-state index contributed by atoms with van der Waals surface area (Å²) in [5.74, 6) is -0.562. The van der Waals surface area contributed by atoms with Gasteiger partial charge in [-0.1, -0.05) is 13.8 Å². The Hall–Kier alpha value is -1.49. The molecule has 5 nitrogen and oxygen atoms in total. The molecule has 1 heterocycles. The fourth-order valence-electron chi connectivity index (χ4n) is 1.87. The minimum absolute atomic E-state index is 0.407. The Bertz CT molecular complexity index is 423. The smallest absolute Gasteiger partial charge is 0.306 e. The van der Waals surface area contributed by atoms with Crippen molar-refractivity contribution in [3.05, 3.63) is 22.8 Å². The molecule has 0 aromatic carbocycles. The topological polar surface area (TPSA) is 72.3 Å². The van der Waals surface area contributed by atoms with Crippen molar-refractivity contribution in [2.24, 2.45) is 5.92 Å². The first kappa shape index (κ1) is 15.6. The molecule has 0 amide bonds. The Balaban J connectivity index is 2.82. The number of carboxylic acids is 1. The van der Waals surface area contributed by atoms with Crippen LogP contribution in [0.15, 0.2) is 0 Å². The average molecular weight is 266 g/mol. The molecular formula is C14H22N2O3. The predicted octanol–water partition coefficient (Wildman–Crippen LogP) is 2.28. The van der Waals surface area contributed by atoms with E-state index < -0.39 is 11.9 Å². The second-order valence-corrected chi connectivity index (χ2v) is 4.79. The highest BCUT2D eigenvalue weighted by atomic mass is 16.5. The fourth-order valence-corrected chi connectivity index (χ4v) is 1.87. The third-order valence-electron chi connectivity index (χ3n) is 2.98. The first-order chi connectivity index (χ1) is 8.95. The van der Waals surface area contributed by atoms with E-state index >= 15 is 0 Å². The van der Waals surface area contributed by atoms with E-state index in [1.54, 1.807) is 6.92 Å². The molecule has 1 unspecified atom stereocenters. The van der Waals surface area contributed by atoms with Crippen LogP contribution >= 0.6 is 0 Å². The van der Waals surface area contributed by atoms with Crippen LogP contribution in [0.1, 0.15) is 43.0 Å². The van der Waals surface area contributed by atoms with Crippen LogP contribution in [0.2, 0.25) is 0 Å². The highest BCUT2D eigenvalue weighted by molar-refractivity contribution is 5.70. The maximum atomic E-state index is 10.9. The van der Waals surface area contributed by atoms with Crippen molar-refractivity contribution in [1.82, 2.24) is 9.97 Å². The first-order valence-corrected chi connectivity index (χ1v) is 6.59. The number of aromatic nitrogens is 2. The standard InChI is InChI=1S/C14H22N2O3/c1-5-6-19-8-13-15-10(3)12(11(4)16-13)7-9(2)14(17)18/h9H,5-8H2,1-4H3,(H,17,18). The van der Waals surface area contributed by atoms with Crippen LogP contribution in [-0.4, -0.2) is 27.7 Å². The summed E-state index contributed by atoms with van der Waals surface area (Å²) in [6.07, 6.45) is 1.43. The zero-order chi connectivity index (χ0) is 14.4. The van der Waals surface area contributed by atoms with Crippen molar-refractivity contribution < 1.29 is 14.6 Å². The van der Waals surface area contributed by atoms with E-state index in [4.69, 9.17) is 9.84 Å². The maximum Gasteiger partial charge on any atom is 0.306 e. The number of aryl methyl sites for hydroxylation is 2. The molecular weight excluding hydrogens is 244 g/mol. The molecule has 106 valence electrons. The molecule has 0 saturated carbocycles. The SMILES string of the molecule is CCCOCc1nc(C)c(CC(C)C(=O)O)c(C)n1. The van der Waals surface area contributed by atoms with Crippen molar-refractivity contribution in [2.75, 3.05) is 6.61 Å². The third-order valence-corrected chi connectivity index (χ3v) is 2.98. The van der Waals surface area contributed by atoms with Crippen molar-refractivity contribution in [3.63, 3.8) is 0 Å². The van der Waals surface area contributed by atoms with Crippen LogP contribution in [0.25, 0.3) is 0 Å². The van der Waals surface area contributed by atoms with Crippen LogP contribution in [-0.2, 0) is 22.6 Å². The molecule has 19 heavy (non-hydrogen) atoms. The van der Waals surface area contributed by atoms with Gasteiger partial charge in [-0.3, -0.25) is 4.79 Å². The summed E-state index contributed by atoms with van der Waals surface area (Å²) >= 11 is 0. The van der Waals surface area contributed by atoms with Gasteiger partial charge < -0.3 is 9.84 Å². The Morgan fingerprint density at radius 3 is 2.37 bits per heavy atom. The first-order valence-electron chi connectivity index (χ1n) is 6.59.